The first kappa shape index (κ1) is 19.8. The molecule has 1 fully saturated rings. The molecule has 1 aliphatic rings. The third kappa shape index (κ3) is 4.31. The number of rotatable bonds is 4. The van der Waals surface area contributed by atoms with E-state index in [1.54, 1.807) is 51.6 Å². The molecule has 2 aromatic rings. The zero-order valence-corrected chi connectivity index (χ0v) is 18.0. The van der Waals surface area contributed by atoms with Gasteiger partial charge in [-0.25, -0.2) is 4.99 Å². The van der Waals surface area contributed by atoms with Gasteiger partial charge in [0.15, 0.2) is 16.7 Å². The van der Waals surface area contributed by atoms with Gasteiger partial charge in [-0.1, -0.05) is 11.6 Å². The van der Waals surface area contributed by atoms with E-state index in [4.69, 9.17) is 21.1 Å². The van der Waals surface area contributed by atoms with Crippen LogP contribution in [0.25, 0.3) is 6.08 Å². The van der Waals surface area contributed by atoms with Crippen molar-refractivity contribution in [3.8, 4) is 11.5 Å². The van der Waals surface area contributed by atoms with Crippen LogP contribution in [-0.2, 0) is 4.79 Å². The smallest absolute Gasteiger partial charge is 0.266 e. The van der Waals surface area contributed by atoms with Crippen LogP contribution in [0.1, 0.15) is 5.56 Å². The van der Waals surface area contributed by atoms with E-state index in [0.29, 0.717) is 26.6 Å². The Labute approximate surface area is 175 Å². The van der Waals surface area contributed by atoms with Gasteiger partial charge in [0.25, 0.3) is 5.91 Å². The fraction of sp³-hybridized carbons (Fsp3) is 0.158. The predicted molar refractivity (Wildman–Crippen MR) is 114 cm³/mol. The molecule has 0 spiro atoms. The van der Waals surface area contributed by atoms with Crippen molar-refractivity contribution < 1.29 is 14.3 Å². The predicted octanol–water partition coefficient (Wildman–Crippen LogP) is 5.35. The summed E-state index contributed by atoms with van der Waals surface area (Å²) in [4.78, 5) is 19.2. The number of aliphatic imine (C=N–C) groups is 1. The van der Waals surface area contributed by atoms with E-state index < -0.39 is 0 Å². The summed E-state index contributed by atoms with van der Waals surface area (Å²) in [5, 5.41) is 1.25. The summed E-state index contributed by atoms with van der Waals surface area (Å²) in [6.45, 7) is 0. The van der Waals surface area contributed by atoms with Gasteiger partial charge < -0.3 is 9.47 Å². The fourth-order valence-corrected chi connectivity index (χ4v) is 4.18. The van der Waals surface area contributed by atoms with E-state index in [9.17, 15) is 4.79 Å². The SMILES string of the molecule is COc1cc(/C=C2/SC(=Nc3ccc(Cl)cc3)N(C)C2=O)cc(Br)c1OC. The second-order valence-corrected chi connectivity index (χ2v) is 7.88. The van der Waals surface area contributed by atoms with Gasteiger partial charge in [0.05, 0.1) is 29.3 Å². The van der Waals surface area contributed by atoms with Crippen LogP contribution < -0.4 is 9.47 Å². The Hall–Kier alpha value is -1.96. The number of methoxy groups -OCH3 is 2. The van der Waals surface area contributed by atoms with Gasteiger partial charge in [-0.2, -0.15) is 0 Å². The monoisotopic (exact) mass is 466 g/mol. The largest absolute Gasteiger partial charge is 0.493 e. The molecule has 0 N–H and O–H groups in total. The quantitative estimate of drug-likeness (QED) is 0.569. The van der Waals surface area contributed by atoms with Crippen LogP contribution in [-0.4, -0.2) is 37.2 Å². The minimum absolute atomic E-state index is 0.112. The highest BCUT2D eigenvalue weighted by Gasteiger charge is 2.30. The summed E-state index contributed by atoms with van der Waals surface area (Å²) >= 11 is 10.7. The number of likely N-dealkylation sites (N-methyl/N-ethyl adjacent to an activating group) is 1. The molecule has 0 radical (unpaired) electrons. The van der Waals surface area contributed by atoms with Crippen molar-refractivity contribution in [1.29, 1.82) is 0 Å². The van der Waals surface area contributed by atoms with Crippen LogP contribution in [0.15, 0.2) is 50.8 Å². The molecule has 1 saturated heterocycles. The zero-order chi connectivity index (χ0) is 19.6. The first-order valence-corrected chi connectivity index (χ1v) is 9.85. The maximum atomic E-state index is 12.6. The van der Waals surface area contributed by atoms with Gasteiger partial charge in [0.1, 0.15) is 0 Å². The van der Waals surface area contributed by atoms with Crippen LogP contribution in [0.3, 0.4) is 0 Å². The minimum Gasteiger partial charge on any atom is -0.493 e. The number of hydrogen-bond acceptors (Lipinski definition) is 5. The number of carbonyl (C=O) groups excluding carboxylic acids is 1. The first-order valence-electron chi connectivity index (χ1n) is 7.86. The number of amides is 1. The molecule has 27 heavy (non-hydrogen) atoms. The lowest BCUT2D eigenvalue weighted by molar-refractivity contribution is -0.121. The zero-order valence-electron chi connectivity index (χ0n) is 14.8. The molecule has 1 heterocycles. The molecule has 1 aliphatic heterocycles. The van der Waals surface area contributed by atoms with Crippen molar-refractivity contribution in [2.45, 2.75) is 0 Å². The first-order chi connectivity index (χ1) is 12.9. The molecule has 8 heteroatoms. The summed E-state index contributed by atoms with van der Waals surface area (Å²) in [6.07, 6.45) is 1.81. The van der Waals surface area contributed by atoms with E-state index in [0.717, 1.165) is 15.7 Å². The lowest BCUT2D eigenvalue weighted by Crippen LogP contribution is -2.23. The van der Waals surface area contributed by atoms with Crippen LogP contribution in [0.2, 0.25) is 5.02 Å². The van der Waals surface area contributed by atoms with Crippen molar-refractivity contribution in [3.05, 3.63) is 56.4 Å². The number of hydrogen-bond donors (Lipinski definition) is 0. The second kappa shape index (κ2) is 8.37. The van der Waals surface area contributed by atoms with Gasteiger partial charge in [-0.15, -0.1) is 0 Å². The number of halogens is 2. The second-order valence-electron chi connectivity index (χ2n) is 5.58. The molecule has 0 unspecified atom stereocenters. The lowest BCUT2D eigenvalue weighted by Gasteiger charge is -2.10. The van der Waals surface area contributed by atoms with Gasteiger partial charge in [-0.05, 0) is 75.7 Å². The highest BCUT2D eigenvalue weighted by Crippen LogP contribution is 2.39. The maximum absolute atomic E-state index is 12.6. The fourth-order valence-electron chi connectivity index (χ4n) is 2.45. The summed E-state index contributed by atoms with van der Waals surface area (Å²) in [7, 11) is 4.85. The average Bonchev–Trinajstić information content (AvgIpc) is 2.91. The van der Waals surface area contributed by atoms with Crippen LogP contribution in [0.5, 0.6) is 11.5 Å². The Morgan fingerprint density at radius 3 is 2.52 bits per heavy atom. The molecule has 1 amide bonds. The summed E-state index contributed by atoms with van der Waals surface area (Å²) < 4.78 is 11.4. The summed E-state index contributed by atoms with van der Waals surface area (Å²) in [5.74, 6) is 1.07. The topological polar surface area (TPSA) is 51.1 Å². The van der Waals surface area contributed by atoms with Gasteiger partial charge >= 0.3 is 0 Å². The standard InChI is InChI=1S/C19H16BrClN2O3S/c1-23-18(24)16(27-19(23)22-13-6-4-12(21)5-7-13)10-11-8-14(20)17(26-3)15(9-11)25-2/h4-10H,1-3H3/b16-10+,22-19?. The molecule has 0 saturated carbocycles. The van der Waals surface area contributed by atoms with E-state index in [1.807, 2.05) is 12.1 Å². The molecule has 2 aromatic carbocycles. The highest BCUT2D eigenvalue weighted by atomic mass is 79.9. The van der Waals surface area contributed by atoms with Crippen molar-refractivity contribution in [3.63, 3.8) is 0 Å². The van der Waals surface area contributed by atoms with Crippen LogP contribution in [0.4, 0.5) is 5.69 Å². The Kier molecular flexibility index (Phi) is 6.14. The van der Waals surface area contributed by atoms with Gasteiger partial charge in [0, 0.05) is 12.1 Å². The normalized spacial score (nSPS) is 17.1. The van der Waals surface area contributed by atoms with Crippen LogP contribution in [0, 0.1) is 0 Å². The summed E-state index contributed by atoms with van der Waals surface area (Å²) in [5.41, 5.74) is 1.55. The van der Waals surface area contributed by atoms with Gasteiger partial charge in [-0.3, -0.25) is 9.69 Å². The third-order valence-corrected chi connectivity index (χ3v) is 5.71. The van der Waals surface area contributed by atoms with Gasteiger partial charge in [0.2, 0.25) is 0 Å². The molecule has 0 atom stereocenters. The molecule has 0 aromatic heterocycles. The summed E-state index contributed by atoms with van der Waals surface area (Å²) in [6, 6.07) is 10.8. The molecular formula is C19H16BrClN2O3S. The molecule has 0 bridgehead atoms. The van der Waals surface area contributed by atoms with E-state index >= 15 is 0 Å². The molecule has 140 valence electrons. The van der Waals surface area contributed by atoms with E-state index in [2.05, 4.69) is 20.9 Å². The molecule has 0 aliphatic carbocycles. The number of amidine groups is 1. The number of benzene rings is 2. The third-order valence-electron chi connectivity index (χ3n) is 3.81. The molecule has 5 nitrogen and oxygen atoms in total. The Balaban J connectivity index is 1.93. The maximum Gasteiger partial charge on any atom is 0.266 e. The van der Waals surface area contributed by atoms with Crippen molar-refractivity contribution in [2.24, 2.45) is 4.99 Å². The number of thioether (sulfide) groups is 1. The Morgan fingerprint density at radius 1 is 1.19 bits per heavy atom. The van der Waals surface area contributed by atoms with E-state index in [1.165, 1.54) is 16.7 Å². The van der Waals surface area contributed by atoms with Crippen molar-refractivity contribution in [2.75, 3.05) is 21.3 Å². The molecular weight excluding hydrogens is 452 g/mol. The van der Waals surface area contributed by atoms with Crippen LogP contribution >= 0.6 is 39.3 Å². The number of carbonyl (C=O) groups is 1. The highest BCUT2D eigenvalue weighted by molar-refractivity contribution is 9.10. The molecule has 3 rings (SSSR count). The Morgan fingerprint density at radius 2 is 1.89 bits per heavy atom. The Bertz CT molecular complexity index is 945. The van der Waals surface area contributed by atoms with Crippen molar-refractivity contribution >= 4 is 62.1 Å². The van der Waals surface area contributed by atoms with Crippen molar-refractivity contribution in [1.82, 2.24) is 4.90 Å². The number of nitrogens with zero attached hydrogens (tertiary/aromatic N) is 2. The lowest BCUT2D eigenvalue weighted by atomic mass is 10.2. The minimum atomic E-state index is -0.112. The van der Waals surface area contributed by atoms with E-state index in [-0.39, 0.29) is 5.91 Å². The average molecular weight is 468 g/mol. The number of ether oxygens (including phenoxy) is 2.